The Bertz CT molecular complexity index is 1070. The zero-order chi connectivity index (χ0) is 29.1. The number of nitrogens with zero attached hydrogens (tertiary/aromatic N) is 2. The van der Waals surface area contributed by atoms with Crippen LogP contribution >= 0.6 is 11.3 Å². The molecule has 0 aromatic carbocycles. The first-order chi connectivity index (χ1) is 18.3. The van der Waals surface area contributed by atoms with Crippen LogP contribution in [0, 0.1) is 24.2 Å². The van der Waals surface area contributed by atoms with E-state index in [4.69, 9.17) is 9.47 Å². The molecule has 1 amide bonds. The Labute approximate surface area is 235 Å². The zero-order valence-electron chi connectivity index (χ0n) is 24.2. The number of aliphatic hydroxyl groups excluding tert-OH is 2. The lowest BCUT2D eigenvalue weighted by Gasteiger charge is -2.34. The normalized spacial score (nSPS) is 32.8. The Kier molecular flexibility index (Phi) is 10.3. The van der Waals surface area contributed by atoms with Gasteiger partial charge in [-0.25, -0.2) is 9.78 Å². The summed E-state index contributed by atoms with van der Waals surface area (Å²) >= 11 is 1.52. The molecule has 2 aliphatic rings. The van der Waals surface area contributed by atoms with Crippen molar-refractivity contribution in [2.75, 3.05) is 6.61 Å². The van der Waals surface area contributed by atoms with Gasteiger partial charge in [-0.15, -0.1) is 11.3 Å². The number of esters is 1. The molecule has 39 heavy (non-hydrogen) atoms. The average molecular weight is 565 g/mol. The monoisotopic (exact) mass is 564 g/mol. The van der Waals surface area contributed by atoms with Crippen molar-refractivity contribution in [2.24, 2.45) is 17.3 Å². The summed E-state index contributed by atoms with van der Waals surface area (Å²) in [5, 5.41) is 24.7. The van der Waals surface area contributed by atoms with Crippen molar-refractivity contribution >= 4 is 35.3 Å². The molecule has 10 heteroatoms. The quantitative estimate of drug-likeness (QED) is 0.405. The molecule has 1 aromatic rings. The van der Waals surface area contributed by atoms with Crippen LogP contribution in [-0.4, -0.2) is 74.9 Å². The summed E-state index contributed by atoms with van der Waals surface area (Å²) in [6.45, 7) is 12.6. The molecule has 7 atom stereocenters. The molecule has 3 rings (SSSR count). The van der Waals surface area contributed by atoms with E-state index in [2.05, 4.69) is 4.98 Å². The summed E-state index contributed by atoms with van der Waals surface area (Å²) < 4.78 is 11.2. The van der Waals surface area contributed by atoms with Crippen molar-refractivity contribution in [3.8, 4) is 0 Å². The van der Waals surface area contributed by atoms with Crippen molar-refractivity contribution in [3.05, 3.63) is 21.7 Å². The molecule has 218 valence electrons. The number of aliphatic hydroxyl groups is 2. The lowest BCUT2D eigenvalue weighted by molar-refractivity contribution is -0.154. The third-order valence-corrected chi connectivity index (χ3v) is 9.09. The number of carbonyl (C=O) groups is 3. The minimum absolute atomic E-state index is 0.0691. The van der Waals surface area contributed by atoms with Crippen molar-refractivity contribution in [3.63, 3.8) is 0 Å². The van der Waals surface area contributed by atoms with Crippen molar-refractivity contribution in [2.45, 2.75) is 111 Å². The van der Waals surface area contributed by atoms with Gasteiger partial charge in [-0.1, -0.05) is 34.1 Å². The fourth-order valence-electron chi connectivity index (χ4n) is 5.56. The number of carbonyl (C=O) groups excluding carboxylic acids is 3. The van der Waals surface area contributed by atoms with Crippen molar-refractivity contribution < 1.29 is 34.1 Å². The van der Waals surface area contributed by atoms with E-state index in [1.807, 2.05) is 32.2 Å². The number of aryl methyl sites for hydroxylation is 1. The third-order valence-electron chi connectivity index (χ3n) is 8.29. The molecule has 9 nitrogen and oxygen atoms in total. The highest BCUT2D eigenvalue weighted by Crippen LogP contribution is 2.40. The number of hydrogen-bond donors (Lipinski definition) is 2. The molecule has 2 aliphatic heterocycles. The van der Waals surface area contributed by atoms with E-state index in [1.54, 1.807) is 32.6 Å². The van der Waals surface area contributed by atoms with Crippen LogP contribution in [0.1, 0.15) is 84.3 Å². The van der Waals surface area contributed by atoms with Crippen LogP contribution in [0.4, 0.5) is 4.79 Å². The number of aromatic nitrogens is 1. The van der Waals surface area contributed by atoms with Gasteiger partial charge in [0, 0.05) is 17.7 Å². The Balaban J connectivity index is 1.92. The Morgan fingerprint density at radius 2 is 1.95 bits per heavy atom. The molecule has 0 bridgehead atoms. The van der Waals surface area contributed by atoms with Gasteiger partial charge in [-0.3, -0.25) is 14.5 Å². The van der Waals surface area contributed by atoms with Crippen LogP contribution < -0.4 is 0 Å². The fourth-order valence-corrected chi connectivity index (χ4v) is 6.13. The van der Waals surface area contributed by atoms with Crippen LogP contribution in [0.15, 0.2) is 11.0 Å². The standard InChI is InChI=1S/C29H44N2O7S/c1-8-37-28(36)31-21-11-9-10-16(2)26(34)18(4)27(35)29(6,7)24(32)14-25(33)38-23(13-22(21)31)17(3)12-20-15-39-19(5)30-20/h12,15-16,18,21-24,26,32,34H,8-11,13-14H2,1-7H3/b17-12+/t16-,18+,21+,22-,23-,24-,26-,31?/m0/s1. The van der Waals surface area contributed by atoms with Crippen LogP contribution in [0.2, 0.25) is 0 Å². The van der Waals surface area contributed by atoms with E-state index >= 15 is 0 Å². The molecule has 0 spiro atoms. The first-order valence-corrected chi connectivity index (χ1v) is 14.8. The smallest absolute Gasteiger partial charge is 0.410 e. The topological polar surface area (TPSA) is 126 Å². The number of fused-ring (bicyclic) bond motifs is 1. The molecule has 0 unspecified atom stereocenters. The fraction of sp³-hybridized carbons (Fsp3) is 0.724. The number of rotatable bonds is 3. The maximum atomic E-state index is 13.3. The van der Waals surface area contributed by atoms with E-state index in [9.17, 15) is 24.6 Å². The number of ketones is 1. The summed E-state index contributed by atoms with van der Waals surface area (Å²) in [5.41, 5.74) is 0.289. The molecule has 0 radical (unpaired) electrons. The highest BCUT2D eigenvalue weighted by Gasteiger charge is 2.52. The van der Waals surface area contributed by atoms with Crippen LogP contribution in [-0.2, 0) is 19.1 Å². The zero-order valence-corrected chi connectivity index (χ0v) is 25.0. The largest absolute Gasteiger partial charge is 0.458 e. The number of hydrogen-bond acceptors (Lipinski definition) is 9. The van der Waals surface area contributed by atoms with Crippen LogP contribution in [0.5, 0.6) is 0 Å². The Morgan fingerprint density at radius 3 is 2.56 bits per heavy atom. The SMILES string of the molecule is CCOC(=O)N1[C@@H]2CCC[C@H](C)[C@H](O)[C@@H](C)C(=O)C(C)(C)[C@@H](O)CC(=O)O[C@H](/C(C)=C/c3csc(C)n3)C[C@@H]21. The maximum Gasteiger partial charge on any atom is 0.410 e. The summed E-state index contributed by atoms with van der Waals surface area (Å²) in [6.07, 6.45) is 0.824. The second-order valence-corrected chi connectivity index (χ2v) is 12.7. The van der Waals surface area contributed by atoms with E-state index in [1.165, 1.54) is 11.3 Å². The second-order valence-electron chi connectivity index (χ2n) is 11.6. The third kappa shape index (κ3) is 7.46. The molecule has 0 aliphatic carbocycles. The van der Waals surface area contributed by atoms with Gasteiger partial charge >= 0.3 is 12.1 Å². The van der Waals surface area contributed by atoms with Gasteiger partial charge in [0.25, 0.3) is 0 Å². The van der Waals surface area contributed by atoms with Gasteiger partial charge < -0.3 is 19.7 Å². The second kappa shape index (κ2) is 12.9. The van der Waals surface area contributed by atoms with Gasteiger partial charge in [0.1, 0.15) is 11.9 Å². The molecule has 2 N–H and O–H groups in total. The average Bonchev–Trinajstić information content (AvgIpc) is 3.39. The number of amides is 1. The molecule has 2 fully saturated rings. The van der Waals surface area contributed by atoms with E-state index in [-0.39, 0.29) is 36.8 Å². The van der Waals surface area contributed by atoms with E-state index in [0.717, 1.165) is 22.7 Å². The molecular formula is C29H44N2O7S. The minimum Gasteiger partial charge on any atom is -0.458 e. The molecule has 1 aromatic heterocycles. The first kappa shape index (κ1) is 31.2. The molecule has 3 heterocycles. The number of thiazole rings is 1. The van der Waals surface area contributed by atoms with E-state index < -0.39 is 41.7 Å². The highest BCUT2D eigenvalue weighted by molar-refractivity contribution is 7.09. The lowest BCUT2D eigenvalue weighted by Crippen LogP contribution is -2.45. The van der Waals surface area contributed by atoms with Gasteiger partial charge in [-0.05, 0) is 51.2 Å². The lowest BCUT2D eigenvalue weighted by atomic mass is 9.73. The molecule has 0 saturated carbocycles. The van der Waals surface area contributed by atoms with Crippen LogP contribution in [0.25, 0.3) is 6.08 Å². The predicted octanol–water partition coefficient (Wildman–Crippen LogP) is 4.53. The van der Waals surface area contributed by atoms with Crippen LogP contribution in [0.3, 0.4) is 0 Å². The first-order valence-electron chi connectivity index (χ1n) is 13.9. The Morgan fingerprint density at radius 1 is 1.26 bits per heavy atom. The van der Waals surface area contributed by atoms with Gasteiger partial charge in [0.05, 0.1) is 53.4 Å². The number of cyclic esters (lactones) is 1. The number of ether oxygens (including phenoxy) is 2. The van der Waals surface area contributed by atoms with Crippen molar-refractivity contribution in [1.29, 1.82) is 0 Å². The molecule has 2 saturated heterocycles. The highest BCUT2D eigenvalue weighted by atomic mass is 32.1. The summed E-state index contributed by atoms with van der Waals surface area (Å²) in [7, 11) is 0. The number of Topliss-reactive ketones (excluding diaryl/α,β-unsaturated/α-hetero) is 1. The Hall–Kier alpha value is -2.30. The summed E-state index contributed by atoms with van der Waals surface area (Å²) in [6, 6.07) is -0.238. The van der Waals surface area contributed by atoms with Gasteiger partial charge in [0.2, 0.25) is 0 Å². The molecular weight excluding hydrogens is 520 g/mol. The maximum absolute atomic E-state index is 13.3. The van der Waals surface area contributed by atoms with Gasteiger partial charge in [0.15, 0.2) is 0 Å². The predicted molar refractivity (Wildman–Crippen MR) is 149 cm³/mol. The van der Waals surface area contributed by atoms with Gasteiger partial charge in [-0.2, -0.15) is 0 Å². The summed E-state index contributed by atoms with van der Waals surface area (Å²) in [5.74, 6) is -1.79. The minimum atomic E-state index is -1.29. The van der Waals surface area contributed by atoms with E-state index in [0.29, 0.717) is 19.3 Å². The summed E-state index contributed by atoms with van der Waals surface area (Å²) in [4.78, 5) is 45.3. The van der Waals surface area contributed by atoms with Crippen molar-refractivity contribution in [1.82, 2.24) is 9.88 Å².